The molecule has 0 spiro atoms. The van der Waals surface area contributed by atoms with Crippen LogP contribution in [0.2, 0.25) is 0 Å². The zero-order valence-corrected chi connectivity index (χ0v) is 12.2. The number of aromatic nitrogens is 3. The van der Waals surface area contributed by atoms with E-state index >= 15 is 0 Å². The normalized spacial score (nSPS) is 10.9. The second kappa shape index (κ2) is 4.72. The zero-order valence-electron chi connectivity index (χ0n) is 11.4. The van der Waals surface area contributed by atoms with Crippen molar-refractivity contribution in [2.45, 2.75) is 6.92 Å². The number of ether oxygens (including phenoxy) is 1. The van der Waals surface area contributed by atoms with E-state index in [9.17, 15) is 4.79 Å². The summed E-state index contributed by atoms with van der Waals surface area (Å²) in [5, 5.41) is 7.07. The molecule has 0 saturated heterocycles. The van der Waals surface area contributed by atoms with Crippen molar-refractivity contribution in [1.29, 1.82) is 0 Å². The Balaban J connectivity index is 2.36. The summed E-state index contributed by atoms with van der Waals surface area (Å²) in [6.45, 7) is 1.86. The van der Waals surface area contributed by atoms with Gasteiger partial charge in [0.25, 0.3) is 0 Å². The van der Waals surface area contributed by atoms with Gasteiger partial charge in [-0.05, 0) is 24.4 Å². The van der Waals surface area contributed by atoms with E-state index in [4.69, 9.17) is 4.74 Å². The first-order chi connectivity index (χ1) is 9.61. The van der Waals surface area contributed by atoms with Gasteiger partial charge in [-0.3, -0.25) is 4.68 Å². The van der Waals surface area contributed by atoms with Gasteiger partial charge in [-0.2, -0.15) is 5.10 Å². The fourth-order valence-corrected chi connectivity index (χ4v) is 2.95. The monoisotopic (exact) mass is 287 g/mol. The van der Waals surface area contributed by atoms with Gasteiger partial charge in [0.2, 0.25) is 0 Å². The molecule has 0 bridgehead atoms. The van der Waals surface area contributed by atoms with Crippen molar-refractivity contribution < 1.29 is 9.53 Å². The molecule has 0 aromatic carbocycles. The fourth-order valence-electron chi connectivity index (χ4n) is 2.27. The topological polar surface area (TPSA) is 57.0 Å². The van der Waals surface area contributed by atoms with Crippen LogP contribution in [0.4, 0.5) is 0 Å². The Morgan fingerprint density at radius 3 is 2.90 bits per heavy atom. The molecule has 102 valence electrons. The van der Waals surface area contributed by atoms with E-state index in [-0.39, 0.29) is 5.97 Å². The molecule has 0 aliphatic heterocycles. The first kappa shape index (κ1) is 12.8. The van der Waals surface area contributed by atoms with E-state index in [0.717, 1.165) is 21.7 Å². The molecule has 0 aliphatic rings. The maximum Gasteiger partial charge on any atom is 0.338 e. The Morgan fingerprint density at radius 2 is 2.25 bits per heavy atom. The lowest BCUT2D eigenvalue weighted by molar-refractivity contribution is 0.0603. The number of rotatable bonds is 2. The molecule has 0 aliphatic carbocycles. The van der Waals surface area contributed by atoms with Gasteiger partial charge in [0, 0.05) is 7.05 Å². The number of nitrogens with zero attached hydrogens (tertiary/aromatic N) is 3. The minimum atomic E-state index is -0.369. The summed E-state index contributed by atoms with van der Waals surface area (Å²) in [7, 11) is 3.20. The number of carbonyl (C=O) groups excluding carboxylic acids is 1. The van der Waals surface area contributed by atoms with Crippen molar-refractivity contribution in [3.8, 4) is 10.6 Å². The number of hydrogen-bond acceptors (Lipinski definition) is 5. The Kier molecular flexibility index (Phi) is 3.02. The van der Waals surface area contributed by atoms with Crippen LogP contribution in [0, 0.1) is 6.92 Å². The molecule has 0 saturated carbocycles. The van der Waals surface area contributed by atoms with Crippen molar-refractivity contribution in [3.05, 3.63) is 34.8 Å². The fraction of sp³-hybridized carbons (Fsp3) is 0.214. The van der Waals surface area contributed by atoms with Gasteiger partial charge in [-0.25, -0.2) is 9.78 Å². The molecule has 0 amide bonds. The van der Waals surface area contributed by atoms with Crippen LogP contribution in [0.3, 0.4) is 0 Å². The van der Waals surface area contributed by atoms with Crippen molar-refractivity contribution in [1.82, 2.24) is 14.8 Å². The zero-order chi connectivity index (χ0) is 14.3. The highest BCUT2D eigenvalue weighted by Crippen LogP contribution is 2.29. The number of pyridine rings is 1. The third-order valence-corrected chi connectivity index (χ3v) is 4.04. The molecule has 0 atom stereocenters. The first-order valence-corrected chi connectivity index (χ1v) is 6.96. The van der Waals surface area contributed by atoms with Crippen LogP contribution >= 0.6 is 11.3 Å². The van der Waals surface area contributed by atoms with E-state index in [2.05, 4.69) is 10.1 Å². The number of fused-ring (bicyclic) bond motifs is 1. The van der Waals surface area contributed by atoms with E-state index in [1.807, 2.05) is 31.5 Å². The van der Waals surface area contributed by atoms with Gasteiger partial charge in [0.1, 0.15) is 0 Å². The number of methoxy groups -OCH3 is 1. The van der Waals surface area contributed by atoms with Crippen LogP contribution < -0.4 is 0 Å². The summed E-state index contributed by atoms with van der Waals surface area (Å²) >= 11 is 1.58. The standard InChI is InChI=1S/C14H13N3O2S/c1-8-12-9(14(18)19-3)7-10(11-5-4-6-20-11)15-13(12)17(2)16-8/h4-7H,1-3H3. The number of hydrogen-bond donors (Lipinski definition) is 0. The van der Waals surface area contributed by atoms with Gasteiger partial charge < -0.3 is 4.74 Å². The molecule has 0 fully saturated rings. The molecule has 3 heterocycles. The molecular formula is C14H13N3O2S. The maximum atomic E-state index is 12.0. The number of esters is 1. The molecule has 0 radical (unpaired) electrons. The van der Waals surface area contributed by atoms with Crippen molar-refractivity contribution >= 4 is 28.3 Å². The molecule has 3 rings (SSSR count). The SMILES string of the molecule is COC(=O)c1cc(-c2cccs2)nc2c1c(C)nn2C. The third kappa shape index (κ3) is 1.89. The third-order valence-electron chi connectivity index (χ3n) is 3.15. The van der Waals surface area contributed by atoms with Crippen LogP contribution in [0.15, 0.2) is 23.6 Å². The molecule has 0 N–H and O–H groups in total. The number of carbonyl (C=O) groups is 1. The largest absolute Gasteiger partial charge is 0.465 e. The van der Waals surface area contributed by atoms with Crippen molar-refractivity contribution in [3.63, 3.8) is 0 Å². The summed E-state index contributed by atoms with van der Waals surface area (Å²) in [6.07, 6.45) is 0. The summed E-state index contributed by atoms with van der Waals surface area (Å²) < 4.78 is 6.57. The minimum absolute atomic E-state index is 0.369. The highest BCUT2D eigenvalue weighted by Gasteiger charge is 2.19. The predicted molar refractivity (Wildman–Crippen MR) is 77.9 cm³/mol. The summed E-state index contributed by atoms with van der Waals surface area (Å²) in [5.41, 5.74) is 2.73. The summed E-state index contributed by atoms with van der Waals surface area (Å²) in [6, 6.07) is 5.70. The second-order valence-corrected chi connectivity index (χ2v) is 5.38. The van der Waals surface area contributed by atoms with Gasteiger partial charge in [-0.15, -0.1) is 11.3 Å². The highest BCUT2D eigenvalue weighted by molar-refractivity contribution is 7.13. The minimum Gasteiger partial charge on any atom is -0.465 e. The molecule has 6 heteroatoms. The Labute approximate surface area is 119 Å². The van der Waals surface area contributed by atoms with Crippen molar-refractivity contribution in [2.24, 2.45) is 7.05 Å². The van der Waals surface area contributed by atoms with Gasteiger partial charge in [0.15, 0.2) is 5.65 Å². The average molecular weight is 287 g/mol. The maximum absolute atomic E-state index is 12.0. The number of aryl methyl sites for hydroxylation is 2. The van der Waals surface area contributed by atoms with E-state index in [1.165, 1.54) is 7.11 Å². The van der Waals surface area contributed by atoms with E-state index < -0.39 is 0 Å². The Morgan fingerprint density at radius 1 is 1.45 bits per heavy atom. The predicted octanol–water partition coefficient (Wildman–Crippen LogP) is 2.79. The molecule has 20 heavy (non-hydrogen) atoms. The van der Waals surface area contributed by atoms with Crippen LogP contribution in [-0.2, 0) is 11.8 Å². The summed E-state index contributed by atoms with van der Waals surface area (Å²) in [4.78, 5) is 17.7. The highest BCUT2D eigenvalue weighted by atomic mass is 32.1. The van der Waals surface area contributed by atoms with Gasteiger partial charge in [0.05, 0.1) is 34.3 Å². The summed E-state index contributed by atoms with van der Waals surface area (Å²) in [5.74, 6) is -0.369. The molecule has 3 aromatic heterocycles. The first-order valence-electron chi connectivity index (χ1n) is 6.08. The van der Waals surface area contributed by atoms with E-state index in [0.29, 0.717) is 11.2 Å². The molecular weight excluding hydrogens is 274 g/mol. The quantitative estimate of drug-likeness (QED) is 0.680. The van der Waals surface area contributed by atoms with Gasteiger partial charge >= 0.3 is 5.97 Å². The smallest absolute Gasteiger partial charge is 0.338 e. The second-order valence-electron chi connectivity index (χ2n) is 4.43. The van der Waals surface area contributed by atoms with Gasteiger partial charge in [-0.1, -0.05) is 6.07 Å². The van der Waals surface area contributed by atoms with Crippen LogP contribution in [-0.4, -0.2) is 27.8 Å². The lowest BCUT2D eigenvalue weighted by atomic mass is 10.1. The van der Waals surface area contributed by atoms with Crippen LogP contribution in [0.5, 0.6) is 0 Å². The van der Waals surface area contributed by atoms with E-state index in [1.54, 1.807) is 22.1 Å². The Hall–Kier alpha value is -2.21. The molecule has 5 nitrogen and oxygen atoms in total. The Bertz CT molecular complexity index is 790. The van der Waals surface area contributed by atoms with Crippen LogP contribution in [0.25, 0.3) is 21.6 Å². The lowest BCUT2D eigenvalue weighted by Gasteiger charge is -2.05. The molecule has 3 aromatic rings. The molecule has 0 unspecified atom stereocenters. The van der Waals surface area contributed by atoms with Crippen molar-refractivity contribution in [2.75, 3.05) is 7.11 Å². The average Bonchev–Trinajstić information content (AvgIpc) is 3.07. The van der Waals surface area contributed by atoms with Crippen LogP contribution in [0.1, 0.15) is 16.1 Å². The number of thiophene rings is 1. The lowest BCUT2D eigenvalue weighted by Crippen LogP contribution is -2.04.